The Kier molecular flexibility index (Phi) is 12.9. The highest BCUT2D eigenvalue weighted by Gasteiger charge is 2.66. The number of carboxylic acid groups (broad SMARTS) is 2. The van der Waals surface area contributed by atoms with Gasteiger partial charge in [-0.1, -0.05) is 53.7 Å². The Balaban J connectivity index is 0.000000201. The number of allylic oxidation sites excluding steroid dienone is 4. The number of fused-ring (bicyclic) bond motifs is 10. The highest BCUT2D eigenvalue weighted by atomic mass is 16.4. The van der Waals surface area contributed by atoms with Crippen molar-refractivity contribution in [3.8, 4) is 0 Å². The van der Waals surface area contributed by atoms with Crippen molar-refractivity contribution in [2.24, 2.45) is 92.7 Å². The Morgan fingerprint density at radius 2 is 0.917 bits per heavy atom. The van der Waals surface area contributed by atoms with E-state index in [0.29, 0.717) is 58.9 Å². The molecule has 338 valence electrons. The largest absolute Gasteiger partial charge is 0.481 e. The van der Waals surface area contributed by atoms with Crippen LogP contribution in [0.25, 0.3) is 0 Å². The molecule has 0 heterocycles. The van der Waals surface area contributed by atoms with Crippen LogP contribution >= 0.6 is 0 Å². The van der Waals surface area contributed by atoms with Crippen molar-refractivity contribution < 1.29 is 41.0 Å². The predicted molar refractivity (Wildman–Crippen MR) is 236 cm³/mol. The average Bonchev–Trinajstić information content (AvgIpc) is 3.74. The summed E-state index contributed by atoms with van der Waals surface area (Å²) in [6.45, 7) is 18.1. The maximum Gasteiger partial charge on any atom is 0.303 e. The number of Topliss-reactive ketones (excluding diaryl/α,β-unsaturated/α-hetero) is 2. The molecule has 0 aromatic heterocycles. The number of carbonyl (C=O) groups is 4. The number of aliphatic carboxylic acids is 2. The molecule has 0 spiro atoms. The molecule has 0 bridgehead atoms. The lowest BCUT2D eigenvalue weighted by atomic mass is 9.43. The zero-order valence-electron chi connectivity index (χ0n) is 38.4. The van der Waals surface area contributed by atoms with E-state index >= 15 is 0 Å². The van der Waals surface area contributed by atoms with E-state index in [1.54, 1.807) is 0 Å². The predicted octanol–water partition coefficient (Wildman–Crippen LogP) is 10.7. The Morgan fingerprint density at radius 1 is 0.583 bits per heavy atom. The average molecular weight is 835 g/mol. The summed E-state index contributed by atoms with van der Waals surface area (Å²) in [4.78, 5) is 49.9. The molecule has 60 heavy (non-hydrogen) atoms. The topological polar surface area (TPSA) is 149 Å². The summed E-state index contributed by atoms with van der Waals surface area (Å²) in [7, 11) is 0. The Hall–Kier alpha value is -2.32. The lowest BCUT2D eigenvalue weighted by molar-refractivity contribution is -0.150. The molecule has 8 heteroatoms. The van der Waals surface area contributed by atoms with Crippen molar-refractivity contribution in [3.63, 3.8) is 0 Å². The molecule has 0 aromatic carbocycles. The van der Waals surface area contributed by atoms with E-state index in [9.17, 15) is 29.4 Å². The van der Waals surface area contributed by atoms with Crippen molar-refractivity contribution in [3.05, 3.63) is 23.3 Å². The number of hydrogen-bond acceptors (Lipinski definition) is 6. The standard InChI is InChI=1S/2C26H40O4.H2/c2*1-5-17-21-14-16(27)10-12-26(21,4)20-11-13-25(3)18(15(2)6-9-22(28)29)7-8-19(25)23(20)24(17)30;/h2*5,15-16,18-21,23,27H,6-14H2,1-4H3,(H,28,29);1H/t2*15?,16-,18-,19+,20+,21+,23+,25-,26-;/m11./s1. The number of carbonyl (C=O) groups excluding carboxylic acids is 2. The molecule has 0 amide bonds. The van der Waals surface area contributed by atoms with Crippen LogP contribution in [0.4, 0.5) is 0 Å². The first-order valence-corrected chi connectivity index (χ1v) is 24.5. The van der Waals surface area contributed by atoms with E-state index in [2.05, 4.69) is 41.5 Å². The monoisotopic (exact) mass is 835 g/mol. The molecule has 2 unspecified atom stereocenters. The second-order valence-electron chi connectivity index (χ2n) is 22.9. The number of rotatable bonds is 8. The van der Waals surface area contributed by atoms with Crippen molar-refractivity contribution in [2.45, 2.75) is 183 Å². The zero-order chi connectivity index (χ0) is 43.7. The zero-order valence-corrected chi connectivity index (χ0v) is 38.4. The smallest absolute Gasteiger partial charge is 0.303 e. The Bertz CT molecular complexity index is 1610. The first-order chi connectivity index (χ1) is 28.3. The lowest BCUT2D eigenvalue weighted by Crippen LogP contribution is -2.58. The van der Waals surface area contributed by atoms with E-state index in [1.165, 1.54) is 0 Å². The van der Waals surface area contributed by atoms with Crippen LogP contribution in [0.1, 0.15) is 172 Å². The summed E-state index contributed by atoms with van der Waals surface area (Å²) < 4.78 is 0. The molecule has 8 nitrogen and oxygen atoms in total. The fourth-order valence-corrected chi connectivity index (χ4v) is 17.4. The van der Waals surface area contributed by atoms with Crippen LogP contribution in [0.2, 0.25) is 0 Å². The first kappa shape index (κ1) is 45.7. The summed E-state index contributed by atoms with van der Waals surface area (Å²) in [5.74, 6) is 3.47. The van der Waals surface area contributed by atoms with Gasteiger partial charge in [0.15, 0.2) is 11.6 Å². The lowest BCUT2D eigenvalue weighted by Gasteiger charge is -2.61. The van der Waals surface area contributed by atoms with Gasteiger partial charge in [-0.2, -0.15) is 0 Å². The second-order valence-corrected chi connectivity index (χ2v) is 22.9. The summed E-state index contributed by atoms with van der Waals surface area (Å²) in [6.07, 6.45) is 19.7. The molecule has 8 rings (SSSR count). The molecule has 0 radical (unpaired) electrons. The second kappa shape index (κ2) is 17.0. The van der Waals surface area contributed by atoms with Crippen LogP contribution in [0.3, 0.4) is 0 Å². The van der Waals surface area contributed by atoms with Gasteiger partial charge in [0.2, 0.25) is 0 Å². The first-order valence-electron chi connectivity index (χ1n) is 24.5. The highest BCUT2D eigenvalue weighted by Crippen LogP contribution is 2.70. The molecular weight excluding hydrogens is 753 g/mol. The number of ketones is 2. The minimum absolute atomic E-state index is 0. The number of aliphatic hydroxyl groups excluding tert-OH is 2. The molecular formula is C52H82O8. The number of hydrogen-bond donors (Lipinski definition) is 4. The molecule has 0 saturated heterocycles. The molecule has 0 aliphatic heterocycles. The summed E-state index contributed by atoms with van der Waals surface area (Å²) in [6, 6.07) is 0. The van der Waals surface area contributed by atoms with Crippen molar-refractivity contribution >= 4 is 23.5 Å². The molecule has 8 aliphatic carbocycles. The van der Waals surface area contributed by atoms with Gasteiger partial charge in [-0.25, -0.2) is 0 Å². The number of carboxylic acids is 2. The molecule has 8 aliphatic rings. The molecule has 8 saturated carbocycles. The SMILES string of the molecule is CC=C1C(=O)[C@@H]2[C@H](CC[C@]3(C)[C@@H](C(C)CCC(=O)O)CC[C@@H]23)[C@@]2(C)CC[C@@H](O)C[C@@H]12.CC=C1C(=O)[C@@H]2[C@H](CC[C@]3(C)[C@@H](C(C)CCC(=O)O)CC[C@@H]23)[C@@]2(C)CC[C@@H](O)C[C@@H]12.[HH]. The van der Waals surface area contributed by atoms with Crippen LogP contribution in [0.5, 0.6) is 0 Å². The summed E-state index contributed by atoms with van der Waals surface area (Å²) >= 11 is 0. The molecule has 0 aromatic rings. The fourth-order valence-electron chi connectivity index (χ4n) is 17.4. The van der Waals surface area contributed by atoms with Crippen LogP contribution in [-0.4, -0.2) is 56.1 Å². The quantitative estimate of drug-likeness (QED) is 0.177. The van der Waals surface area contributed by atoms with Gasteiger partial charge in [-0.05, 0) is 209 Å². The van der Waals surface area contributed by atoms with Gasteiger partial charge in [0.05, 0.1) is 12.2 Å². The third-order valence-corrected chi connectivity index (χ3v) is 20.6. The van der Waals surface area contributed by atoms with Crippen molar-refractivity contribution in [1.29, 1.82) is 0 Å². The fraction of sp³-hybridized carbons (Fsp3) is 0.846. The maximum absolute atomic E-state index is 13.8. The van der Waals surface area contributed by atoms with Crippen LogP contribution in [0, 0.1) is 92.7 Å². The molecule has 18 atom stereocenters. The maximum atomic E-state index is 13.8. The third kappa shape index (κ3) is 7.43. The van der Waals surface area contributed by atoms with Crippen LogP contribution < -0.4 is 0 Å². The van der Waals surface area contributed by atoms with Gasteiger partial charge in [0.1, 0.15) is 0 Å². The third-order valence-electron chi connectivity index (χ3n) is 20.6. The molecule has 4 N–H and O–H groups in total. The molecule has 8 fully saturated rings. The Labute approximate surface area is 362 Å². The van der Waals surface area contributed by atoms with E-state index in [0.717, 1.165) is 114 Å². The van der Waals surface area contributed by atoms with Gasteiger partial charge in [-0.3, -0.25) is 19.2 Å². The minimum atomic E-state index is -0.705. The van der Waals surface area contributed by atoms with Gasteiger partial charge >= 0.3 is 11.9 Å². The Morgan fingerprint density at radius 3 is 1.25 bits per heavy atom. The van der Waals surface area contributed by atoms with Gasteiger partial charge in [-0.15, -0.1) is 0 Å². The van der Waals surface area contributed by atoms with E-state index in [1.807, 2.05) is 26.0 Å². The van der Waals surface area contributed by atoms with Crippen LogP contribution in [-0.2, 0) is 19.2 Å². The normalized spacial score (nSPS) is 48.0. The van der Waals surface area contributed by atoms with Crippen LogP contribution in [0.15, 0.2) is 23.3 Å². The van der Waals surface area contributed by atoms with Gasteiger partial charge in [0, 0.05) is 26.1 Å². The van der Waals surface area contributed by atoms with Gasteiger partial charge < -0.3 is 20.4 Å². The number of aliphatic hydroxyl groups is 2. The van der Waals surface area contributed by atoms with E-state index in [-0.39, 0.29) is 71.8 Å². The minimum Gasteiger partial charge on any atom is -0.481 e. The van der Waals surface area contributed by atoms with Crippen molar-refractivity contribution in [2.75, 3.05) is 0 Å². The summed E-state index contributed by atoms with van der Waals surface area (Å²) in [5.41, 5.74) is 2.51. The summed E-state index contributed by atoms with van der Waals surface area (Å²) in [5, 5.41) is 39.0. The van der Waals surface area contributed by atoms with Gasteiger partial charge in [0.25, 0.3) is 0 Å². The van der Waals surface area contributed by atoms with E-state index < -0.39 is 11.9 Å². The van der Waals surface area contributed by atoms with E-state index in [4.69, 9.17) is 10.2 Å². The van der Waals surface area contributed by atoms with Crippen molar-refractivity contribution in [1.82, 2.24) is 0 Å². The highest BCUT2D eigenvalue weighted by molar-refractivity contribution is 6.00.